The van der Waals surface area contributed by atoms with Crippen molar-refractivity contribution in [3.8, 4) is 11.1 Å². The number of amides is 3. The highest BCUT2D eigenvalue weighted by atomic mass is 35.5. The van der Waals surface area contributed by atoms with Gasteiger partial charge in [-0.3, -0.25) is 15.4 Å². The Bertz CT molecular complexity index is 1050. The highest BCUT2D eigenvalue weighted by molar-refractivity contribution is 6.34. The van der Waals surface area contributed by atoms with Gasteiger partial charge in [0.15, 0.2) is 0 Å². The average Bonchev–Trinajstić information content (AvgIpc) is 2.62. The fourth-order valence-electron chi connectivity index (χ4n) is 2.82. The minimum Gasteiger partial charge on any atom is -0.292 e. The summed E-state index contributed by atoms with van der Waals surface area (Å²) in [6, 6.07) is 14.4. The Hall–Kier alpha value is -3.25. The monoisotopic (exact) mass is 397 g/mol. The fraction of sp³-hybridized carbons (Fsp3) is 0.0952. The quantitative estimate of drug-likeness (QED) is 0.644. The fourth-order valence-corrected chi connectivity index (χ4v) is 3.07. The number of urea groups is 1. The van der Waals surface area contributed by atoms with Crippen molar-refractivity contribution in [3.05, 3.63) is 82.3 Å². The number of halogens is 2. The average molecular weight is 398 g/mol. The highest BCUT2D eigenvalue weighted by Gasteiger charge is 2.18. The van der Waals surface area contributed by atoms with E-state index in [1.165, 1.54) is 12.1 Å². The lowest BCUT2D eigenvalue weighted by Gasteiger charge is -2.11. The third kappa shape index (κ3) is 4.18. The number of imide groups is 1. The molecule has 0 saturated carbocycles. The Kier molecular flexibility index (Phi) is 5.70. The summed E-state index contributed by atoms with van der Waals surface area (Å²) in [4.78, 5) is 28.6. The Balaban J connectivity index is 1.74. The van der Waals surface area contributed by atoms with Gasteiger partial charge in [-0.2, -0.15) is 0 Å². The zero-order valence-corrected chi connectivity index (χ0v) is 16.0. The molecule has 0 atom stereocenters. The number of carbonyl (C=O) groups is 2. The molecule has 0 fully saturated rings. The van der Waals surface area contributed by atoms with Gasteiger partial charge in [0.25, 0.3) is 5.91 Å². The predicted molar refractivity (Wildman–Crippen MR) is 107 cm³/mol. The van der Waals surface area contributed by atoms with Crippen LogP contribution in [0.5, 0.6) is 0 Å². The minimum absolute atomic E-state index is 0.0816. The number of pyridine rings is 1. The first-order chi connectivity index (χ1) is 13.4. The van der Waals surface area contributed by atoms with Crippen LogP contribution >= 0.6 is 11.6 Å². The van der Waals surface area contributed by atoms with Crippen LogP contribution in [-0.2, 0) is 0 Å². The lowest BCUT2D eigenvalue weighted by Crippen LogP contribution is -2.35. The second kappa shape index (κ2) is 8.19. The summed E-state index contributed by atoms with van der Waals surface area (Å²) in [5.41, 5.74) is 3.43. The van der Waals surface area contributed by atoms with Crippen LogP contribution in [0.25, 0.3) is 11.1 Å². The number of aryl methyl sites for hydroxylation is 2. The van der Waals surface area contributed by atoms with Gasteiger partial charge >= 0.3 is 6.03 Å². The maximum absolute atomic E-state index is 13.8. The van der Waals surface area contributed by atoms with Gasteiger partial charge in [0.1, 0.15) is 11.6 Å². The number of benzene rings is 2. The van der Waals surface area contributed by atoms with Crippen molar-refractivity contribution in [1.82, 2.24) is 10.3 Å². The van der Waals surface area contributed by atoms with Crippen molar-refractivity contribution in [2.75, 3.05) is 5.32 Å². The summed E-state index contributed by atoms with van der Waals surface area (Å²) >= 11 is 5.83. The molecule has 0 spiro atoms. The molecule has 3 rings (SSSR count). The molecule has 0 bridgehead atoms. The lowest BCUT2D eigenvalue weighted by atomic mass is 10.00. The van der Waals surface area contributed by atoms with Gasteiger partial charge < -0.3 is 0 Å². The van der Waals surface area contributed by atoms with Crippen molar-refractivity contribution >= 4 is 29.4 Å². The molecule has 0 aliphatic carbocycles. The van der Waals surface area contributed by atoms with Crippen LogP contribution in [0.15, 0.2) is 54.6 Å². The minimum atomic E-state index is -0.936. The number of anilines is 1. The largest absolute Gasteiger partial charge is 0.327 e. The second-order valence-electron chi connectivity index (χ2n) is 6.15. The molecule has 3 aromatic rings. The summed E-state index contributed by atoms with van der Waals surface area (Å²) in [6.07, 6.45) is 0. The number of aromatic nitrogens is 1. The van der Waals surface area contributed by atoms with Crippen molar-refractivity contribution in [1.29, 1.82) is 0 Å². The summed E-state index contributed by atoms with van der Waals surface area (Å²) in [5.74, 6) is -1.48. The number of hydrogen-bond acceptors (Lipinski definition) is 3. The first kappa shape index (κ1) is 19.5. The molecule has 2 N–H and O–H groups in total. The maximum Gasteiger partial charge on any atom is 0.327 e. The zero-order valence-electron chi connectivity index (χ0n) is 15.2. The molecule has 7 heteroatoms. The number of nitrogens with zero attached hydrogens (tertiary/aromatic N) is 1. The molecule has 5 nitrogen and oxygen atoms in total. The van der Waals surface area contributed by atoms with Crippen LogP contribution in [0, 0.1) is 19.7 Å². The van der Waals surface area contributed by atoms with Crippen LogP contribution in [0.4, 0.5) is 15.0 Å². The molecule has 1 aromatic heterocycles. The van der Waals surface area contributed by atoms with E-state index in [2.05, 4.69) is 10.3 Å². The van der Waals surface area contributed by atoms with Gasteiger partial charge in [-0.1, -0.05) is 41.9 Å². The third-order valence-corrected chi connectivity index (χ3v) is 4.49. The molecule has 28 heavy (non-hydrogen) atoms. The molecule has 1 heterocycles. The van der Waals surface area contributed by atoms with E-state index in [1.807, 2.05) is 49.5 Å². The molecule has 2 aromatic carbocycles. The van der Waals surface area contributed by atoms with E-state index in [0.717, 1.165) is 28.5 Å². The number of carbonyl (C=O) groups excluding carboxylic acids is 2. The molecular formula is C21H17ClFN3O2. The lowest BCUT2D eigenvalue weighted by molar-refractivity contribution is 0.0963. The van der Waals surface area contributed by atoms with E-state index < -0.39 is 23.3 Å². The Labute approximate surface area is 166 Å². The standard InChI is InChI=1S/C21H17ClFN3O2/c1-12-6-3-4-7-14(12)15-10-11-18(24-13(15)2)25-21(28)26-20(27)19-16(22)8-5-9-17(19)23/h3-11H,1-2H3,(H2,24,25,26,27,28). The van der Waals surface area contributed by atoms with E-state index in [0.29, 0.717) is 0 Å². The van der Waals surface area contributed by atoms with E-state index in [4.69, 9.17) is 11.6 Å². The van der Waals surface area contributed by atoms with Gasteiger partial charge in [-0.25, -0.2) is 14.2 Å². The molecule has 0 saturated heterocycles. The van der Waals surface area contributed by atoms with Gasteiger partial charge in [-0.05, 0) is 49.2 Å². The van der Waals surface area contributed by atoms with Crippen LogP contribution in [-0.4, -0.2) is 16.9 Å². The van der Waals surface area contributed by atoms with Gasteiger partial charge in [0.2, 0.25) is 0 Å². The van der Waals surface area contributed by atoms with Crippen molar-refractivity contribution in [3.63, 3.8) is 0 Å². The first-order valence-electron chi connectivity index (χ1n) is 8.47. The summed E-state index contributed by atoms with van der Waals surface area (Å²) in [7, 11) is 0. The summed E-state index contributed by atoms with van der Waals surface area (Å²) in [5, 5.41) is 4.43. The predicted octanol–water partition coefficient (Wildman–Crippen LogP) is 5.12. The van der Waals surface area contributed by atoms with Gasteiger partial charge in [-0.15, -0.1) is 0 Å². The first-order valence-corrected chi connectivity index (χ1v) is 8.84. The second-order valence-corrected chi connectivity index (χ2v) is 6.56. The van der Waals surface area contributed by atoms with Gasteiger partial charge in [0, 0.05) is 11.3 Å². The van der Waals surface area contributed by atoms with Crippen molar-refractivity contribution in [2.24, 2.45) is 0 Å². The Morgan fingerprint density at radius 1 is 0.964 bits per heavy atom. The Morgan fingerprint density at radius 3 is 2.39 bits per heavy atom. The molecule has 142 valence electrons. The van der Waals surface area contributed by atoms with E-state index in [9.17, 15) is 14.0 Å². The molecule has 0 aliphatic rings. The topological polar surface area (TPSA) is 71.1 Å². The van der Waals surface area contributed by atoms with E-state index in [1.54, 1.807) is 6.07 Å². The Morgan fingerprint density at radius 2 is 1.71 bits per heavy atom. The molecule has 3 amide bonds. The number of nitrogens with one attached hydrogen (secondary N) is 2. The normalized spacial score (nSPS) is 10.4. The zero-order chi connectivity index (χ0) is 20.3. The summed E-state index contributed by atoms with van der Waals surface area (Å²) < 4.78 is 13.8. The van der Waals surface area contributed by atoms with Crippen molar-refractivity contribution in [2.45, 2.75) is 13.8 Å². The summed E-state index contributed by atoms with van der Waals surface area (Å²) in [6.45, 7) is 3.84. The van der Waals surface area contributed by atoms with Gasteiger partial charge in [0.05, 0.1) is 10.6 Å². The maximum atomic E-state index is 13.8. The van der Waals surface area contributed by atoms with Crippen LogP contribution in [0.1, 0.15) is 21.6 Å². The number of hydrogen-bond donors (Lipinski definition) is 2. The molecule has 0 unspecified atom stereocenters. The smallest absolute Gasteiger partial charge is 0.292 e. The van der Waals surface area contributed by atoms with Crippen LogP contribution < -0.4 is 10.6 Å². The highest BCUT2D eigenvalue weighted by Crippen LogP contribution is 2.26. The number of rotatable bonds is 3. The van der Waals surface area contributed by atoms with Crippen LogP contribution in [0.2, 0.25) is 5.02 Å². The van der Waals surface area contributed by atoms with E-state index >= 15 is 0 Å². The molecule has 0 radical (unpaired) electrons. The van der Waals surface area contributed by atoms with Crippen molar-refractivity contribution < 1.29 is 14.0 Å². The molecule has 0 aliphatic heterocycles. The SMILES string of the molecule is Cc1ccccc1-c1ccc(NC(=O)NC(=O)c2c(F)cccc2Cl)nc1C. The van der Waals surface area contributed by atoms with Crippen LogP contribution in [0.3, 0.4) is 0 Å². The third-order valence-electron chi connectivity index (χ3n) is 4.18. The molecular weight excluding hydrogens is 381 g/mol. The van der Waals surface area contributed by atoms with E-state index in [-0.39, 0.29) is 10.8 Å².